The molecule has 0 bridgehead atoms. The van der Waals surface area contributed by atoms with Crippen LogP contribution in [0.25, 0.3) is 10.8 Å². The molecule has 11 nitrogen and oxygen atoms in total. The summed E-state index contributed by atoms with van der Waals surface area (Å²) in [6.45, 7) is 3.31. The van der Waals surface area contributed by atoms with Crippen LogP contribution in [0.4, 0.5) is 0 Å². The lowest BCUT2D eigenvalue weighted by Crippen LogP contribution is -2.40. The number of hydrogen-bond acceptors (Lipinski definition) is 8. The molecule has 2 aromatic carbocycles. The zero-order valence-corrected chi connectivity index (χ0v) is 17.7. The number of aromatic nitrogens is 4. The van der Waals surface area contributed by atoms with Gasteiger partial charge in [0, 0.05) is 10.9 Å². The number of carbonyl (C=O) groups excluding carboxylic acids is 2. The molecule has 166 valence electrons. The number of fused-ring (bicyclic) bond motifs is 1. The van der Waals surface area contributed by atoms with Gasteiger partial charge in [0.1, 0.15) is 11.4 Å². The fraction of sp³-hybridized carbons (Fsp3) is 0.136. The Morgan fingerprint density at radius 1 is 1.03 bits per heavy atom. The van der Waals surface area contributed by atoms with Gasteiger partial charge in [-0.3, -0.25) is 14.4 Å². The van der Waals surface area contributed by atoms with Crippen LogP contribution in [0.5, 0.6) is 0 Å². The molecular weight excluding hydrogens is 426 g/mol. The van der Waals surface area contributed by atoms with Gasteiger partial charge in [-0.25, -0.2) is 15.2 Å². The van der Waals surface area contributed by atoms with Crippen molar-refractivity contribution < 1.29 is 14.2 Å². The molecule has 4 rings (SSSR count). The molecule has 0 radical (unpaired) electrons. The fourth-order valence-electron chi connectivity index (χ4n) is 3.23. The third-order valence-corrected chi connectivity index (χ3v) is 4.90. The molecular formula is C22H19N7O4. The summed E-state index contributed by atoms with van der Waals surface area (Å²) in [4.78, 5) is 38.2. The van der Waals surface area contributed by atoms with Gasteiger partial charge in [0.25, 0.3) is 17.4 Å². The SMILES string of the molecule is C/C(=N/NC(=O)[C@@H](NC(=O)c1ccccc1)c1n[nH]c(=O)c2ccccc12)c1nonc1C. The highest BCUT2D eigenvalue weighted by Gasteiger charge is 2.27. The number of H-pyrrole nitrogens is 1. The number of hydrazone groups is 1. The molecule has 2 heterocycles. The molecule has 0 aliphatic heterocycles. The molecule has 0 aliphatic carbocycles. The van der Waals surface area contributed by atoms with E-state index in [-0.39, 0.29) is 5.69 Å². The molecule has 0 saturated carbocycles. The first kappa shape index (κ1) is 21.6. The van der Waals surface area contributed by atoms with Gasteiger partial charge in [-0.05, 0) is 37.2 Å². The van der Waals surface area contributed by atoms with Crippen molar-refractivity contribution in [2.75, 3.05) is 0 Å². The van der Waals surface area contributed by atoms with E-state index in [0.717, 1.165) is 0 Å². The number of carbonyl (C=O) groups is 2. The predicted molar refractivity (Wildman–Crippen MR) is 118 cm³/mol. The maximum absolute atomic E-state index is 13.2. The Bertz CT molecular complexity index is 1410. The highest BCUT2D eigenvalue weighted by molar-refractivity contribution is 6.01. The quantitative estimate of drug-likeness (QED) is 0.301. The standard InChI is InChI=1S/C22H19N7O4/c1-12(17-13(2)28-33-29-17)24-27-22(32)19(23-20(30)14-8-4-3-5-9-14)18-15-10-6-7-11-16(15)21(31)26-25-18/h3-11,19H,1-2H3,(H,23,30)(H,26,31)(H,27,32)/b24-12-/t19-/m0/s1. The van der Waals surface area contributed by atoms with Crippen molar-refractivity contribution in [2.24, 2.45) is 5.10 Å². The van der Waals surface area contributed by atoms with Gasteiger partial charge in [-0.1, -0.05) is 41.6 Å². The van der Waals surface area contributed by atoms with E-state index in [2.05, 4.69) is 41.0 Å². The average molecular weight is 445 g/mol. The molecule has 0 fully saturated rings. The van der Waals surface area contributed by atoms with E-state index in [4.69, 9.17) is 0 Å². The molecule has 33 heavy (non-hydrogen) atoms. The molecule has 0 spiro atoms. The highest BCUT2D eigenvalue weighted by Crippen LogP contribution is 2.20. The Morgan fingerprint density at radius 3 is 2.42 bits per heavy atom. The van der Waals surface area contributed by atoms with E-state index in [1.807, 2.05) is 0 Å². The minimum Gasteiger partial charge on any atom is -0.335 e. The normalized spacial score (nSPS) is 12.4. The summed E-state index contributed by atoms with van der Waals surface area (Å²) in [5.74, 6) is -1.16. The molecule has 2 amide bonds. The van der Waals surface area contributed by atoms with Crippen LogP contribution in [-0.4, -0.2) is 38.0 Å². The van der Waals surface area contributed by atoms with E-state index in [0.29, 0.717) is 33.4 Å². The third-order valence-electron chi connectivity index (χ3n) is 4.90. The number of nitrogens with zero attached hydrogens (tertiary/aromatic N) is 4. The zero-order valence-electron chi connectivity index (χ0n) is 17.7. The van der Waals surface area contributed by atoms with Crippen LogP contribution in [0.15, 0.2) is 69.1 Å². The summed E-state index contributed by atoms with van der Waals surface area (Å²) >= 11 is 0. The molecule has 3 N–H and O–H groups in total. The van der Waals surface area contributed by atoms with Gasteiger partial charge in [0.15, 0.2) is 11.7 Å². The monoisotopic (exact) mass is 445 g/mol. The average Bonchev–Trinajstić information content (AvgIpc) is 3.28. The fourth-order valence-corrected chi connectivity index (χ4v) is 3.23. The Hall–Kier alpha value is -4.67. The van der Waals surface area contributed by atoms with Crippen molar-refractivity contribution >= 4 is 28.3 Å². The summed E-state index contributed by atoms with van der Waals surface area (Å²) < 4.78 is 4.66. The van der Waals surface area contributed by atoms with Crippen LogP contribution < -0.4 is 16.3 Å². The topological polar surface area (TPSA) is 155 Å². The second-order valence-corrected chi connectivity index (χ2v) is 7.13. The van der Waals surface area contributed by atoms with Crippen LogP contribution >= 0.6 is 0 Å². The van der Waals surface area contributed by atoms with Crippen molar-refractivity contribution in [3.8, 4) is 0 Å². The van der Waals surface area contributed by atoms with Crippen LogP contribution in [0.2, 0.25) is 0 Å². The molecule has 0 saturated heterocycles. The summed E-state index contributed by atoms with van der Waals surface area (Å²) in [7, 11) is 0. The second kappa shape index (κ2) is 9.22. The van der Waals surface area contributed by atoms with Gasteiger partial charge in [0.2, 0.25) is 0 Å². The van der Waals surface area contributed by atoms with Gasteiger partial charge in [-0.15, -0.1) is 0 Å². The van der Waals surface area contributed by atoms with Crippen molar-refractivity contribution in [1.29, 1.82) is 0 Å². The maximum Gasteiger partial charge on any atom is 0.272 e. The summed E-state index contributed by atoms with van der Waals surface area (Å²) in [5, 5.41) is 21.4. The van der Waals surface area contributed by atoms with Crippen LogP contribution in [0.1, 0.15) is 40.4 Å². The van der Waals surface area contributed by atoms with E-state index in [1.54, 1.807) is 68.4 Å². The van der Waals surface area contributed by atoms with Crippen molar-refractivity contribution in [3.05, 3.63) is 87.6 Å². The van der Waals surface area contributed by atoms with Gasteiger partial charge in [-0.2, -0.15) is 10.2 Å². The van der Waals surface area contributed by atoms with E-state index >= 15 is 0 Å². The van der Waals surface area contributed by atoms with Crippen LogP contribution in [-0.2, 0) is 4.79 Å². The van der Waals surface area contributed by atoms with Gasteiger partial charge < -0.3 is 5.32 Å². The first-order chi connectivity index (χ1) is 16.0. The van der Waals surface area contributed by atoms with E-state index in [9.17, 15) is 14.4 Å². The maximum atomic E-state index is 13.2. The van der Waals surface area contributed by atoms with Gasteiger partial charge in [0.05, 0.1) is 11.1 Å². The molecule has 2 aromatic heterocycles. The third kappa shape index (κ3) is 4.51. The predicted octanol–water partition coefficient (Wildman–Crippen LogP) is 1.63. The number of amides is 2. The van der Waals surface area contributed by atoms with E-state index < -0.39 is 23.4 Å². The Kier molecular flexibility index (Phi) is 6.02. The molecule has 11 heteroatoms. The molecule has 4 aromatic rings. The number of rotatable bonds is 6. The number of nitrogens with one attached hydrogen (secondary N) is 3. The number of aryl methyl sites for hydroxylation is 1. The minimum absolute atomic E-state index is 0.166. The van der Waals surface area contributed by atoms with E-state index in [1.165, 1.54) is 0 Å². The zero-order chi connectivity index (χ0) is 23.4. The Balaban J connectivity index is 1.71. The molecule has 1 atom stereocenters. The lowest BCUT2D eigenvalue weighted by atomic mass is 10.0. The number of benzene rings is 2. The highest BCUT2D eigenvalue weighted by atomic mass is 16.6. The lowest BCUT2D eigenvalue weighted by molar-refractivity contribution is -0.123. The number of aromatic amines is 1. The van der Waals surface area contributed by atoms with Gasteiger partial charge >= 0.3 is 0 Å². The smallest absolute Gasteiger partial charge is 0.272 e. The van der Waals surface area contributed by atoms with Crippen LogP contribution in [0, 0.1) is 6.92 Å². The first-order valence-corrected chi connectivity index (χ1v) is 9.92. The summed E-state index contributed by atoms with van der Waals surface area (Å²) in [6.07, 6.45) is 0. The molecule has 0 aliphatic rings. The van der Waals surface area contributed by atoms with Crippen molar-refractivity contribution in [3.63, 3.8) is 0 Å². The minimum atomic E-state index is -1.26. The van der Waals surface area contributed by atoms with Crippen molar-refractivity contribution in [1.82, 2.24) is 31.3 Å². The Labute approximate surface area is 186 Å². The Morgan fingerprint density at radius 2 is 1.73 bits per heavy atom. The lowest BCUT2D eigenvalue weighted by Gasteiger charge is -2.18. The van der Waals surface area contributed by atoms with Crippen LogP contribution in [0.3, 0.4) is 0 Å². The number of hydrogen-bond donors (Lipinski definition) is 3. The summed E-state index contributed by atoms with van der Waals surface area (Å²) in [6, 6.07) is 13.8. The second-order valence-electron chi connectivity index (χ2n) is 7.13. The molecule has 0 unspecified atom stereocenters. The largest absolute Gasteiger partial charge is 0.335 e. The van der Waals surface area contributed by atoms with Crippen molar-refractivity contribution in [2.45, 2.75) is 19.9 Å². The first-order valence-electron chi connectivity index (χ1n) is 9.92. The summed E-state index contributed by atoms with van der Waals surface area (Å²) in [5.41, 5.74) is 3.78.